The largest absolute Gasteiger partial charge is 0.468 e. The van der Waals surface area contributed by atoms with Gasteiger partial charge in [0.05, 0.1) is 19.0 Å². The van der Waals surface area contributed by atoms with Crippen LogP contribution < -0.4 is 15.8 Å². The molecule has 2 aliphatic heterocycles. The number of carbonyl (C=O) groups is 1. The molecular formula is C17H22N6O2S2. The molecule has 2 N–H and O–H groups in total. The summed E-state index contributed by atoms with van der Waals surface area (Å²) >= 11 is 3.22. The van der Waals surface area contributed by atoms with E-state index in [0.29, 0.717) is 5.92 Å². The van der Waals surface area contributed by atoms with Crippen LogP contribution in [-0.4, -0.2) is 39.8 Å². The Labute approximate surface area is 165 Å². The van der Waals surface area contributed by atoms with Crippen LogP contribution in [0.4, 0.5) is 5.95 Å². The fourth-order valence-corrected chi connectivity index (χ4v) is 6.57. The molecule has 0 saturated carbocycles. The Bertz CT molecular complexity index is 910. The Morgan fingerprint density at radius 1 is 1.37 bits per heavy atom. The first-order valence-corrected chi connectivity index (χ1v) is 11.0. The number of thiophene rings is 1. The van der Waals surface area contributed by atoms with Gasteiger partial charge in [0.2, 0.25) is 5.95 Å². The molecule has 1 aliphatic carbocycles. The van der Waals surface area contributed by atoms with Gasteiger partial charge in [0.25, 0.3) is 0 Å². The summed E-state index contributed by atoms with van der Waals surface area (Å²) in [5, 5.41) is 16.4. The summed E-state index contributed by atoms with van der Waals surface area (Å²) in [7, 11) is 1.40. The summed E-state index contributed by atoms with van der Waals surface area (Å²) < 4.78 is 6.88. The number of nitrogens with one attached hydrogen (secondary N) is 2. The number of ether oxygens (including phenoxy) is 1. The van der Waals surface area contributed by atoms with Crippen molar-refractivity contribution in [1.29, 1.82) is 0 Å². The number of hydrogen-bond donors (Lipinski definition) is 2. The molecule has 8 nitrogen and oxygen atoms in total. The number of thioether (sulfide) groups is 1. The van der Waals surface area contributed by atoms with Gasteiger partial charge in [-0.3, -0.25) is 15.1 Å². The fourth-order valence-electron chi connectivity index (χ4n) is 4.25. The van der Waals surface area contributed by atoms with E-state index in [1.165, 1.54) is 52.7 Å². The van der Waals surface area contributed by atoms with Gasteiger partial charge in [-0.15, -0.1) is 21.5 Å². The first kappa shape index (κ1) is 17.5. The lowest BCUT2D eigenvalue weighted by molar-refractivity contribution is -0.137. The third kappa shape index (κ3) is 2.61. The molecule has 0 bridgehead atoms. The van der Waals surface area contributed by atoms with Gasteiger partial charge in [0, 0.05) is 10.4 Å². The van der Waals surface area contributed by atoms with Crippen molar-refractivity contribution in [3.8, 4) is 5.00 Å². The van der Waals surface area contributed by atoms with Crippen molar-refractivity contribution < 1.29 is 9.53 Å². The lowest BCUT2D eigenvalue weighted by Crippen LogP contribution is -2.40. The minimum atomic E-state index is -0.264. The van der Waals surface area contributed by atoms with Crippen LogP contribution in [-0.2, 0) is 16.0 Å². The van der Waals surface area contributed by atoms with Crippen LogP contribution in [0.1, 0.15) is 54.8 Å². The predicted molar refractivity (Wildman–Crippen MR) is 104 cm³/mol. The zero-order valence-corrected chi connectivity index (χ0v) is 17.1. The quantitative estimate of drug-likeness (QED) is 0.593. The lowest BCUT2D eigenvalue weighted by Gasteiger charge is -2.32. The Hall–Kier alpha value is -1.62. The van der Waals surface area contributed by atoms with E-state index in [1.54, 1.807) is 0 Å². The molecule has 3 atom stereocenters. The third-order valence-electron chi connectivity index (χ3n) is 5.43. The molecule has 3 aliphatic rings. The molecule has 27 heavy (non-hydrogen) atoms. The van der Waals surface area contributed by atoms with Crippen molar-refractivity contribution in [1.82, 2.24) is 25.5 Å². The van der Waals surface area contributed by atoms with Gasteiger partial charge in [-0.25, -0.2) is 9.99 Å². The van der Waals surface area contributed by atoms with Gasteiger partial charge < -0.3 is 4.74 Å². The second kappa shape index (κ2) is 6.47. The van der Waals surface area contributed by atoms with E-state index >= 15 is 0 Å². The van der Waals surface area contributed by atoms with Gasteiger partial charge in [0.15, 0.2) is 5.16 Å². The zero-order valence-electron chi connectivity index (χ0n) is 15.5. The van der Waals surface area contributed by atoms with Crippen molar-refractivity contribution in [2.45, 2.75) is 56.5 Å². The van der Waals surface area contributed by atoms with Crippen molar-refractivity contribution in [3.63, 3.8) is 0 Å². The average molecular weight is 407 g/mol. The number of aryl methyl sites for hydroxylation is 1. The highest BCUT2D eigenvalue weighted by molar-refractivity contribution is 7.99. The summed E-state index contributed by atoms with van der Waals surface area (Å²) in [5.41, 5.74) is 6.28. The number of hydrogen-bond acceptors (Lipinski definition) is 9. The standard InChI is InChI=1S/C17H22N6O2S2/c1-8-5-4-6-10-12(8)13-14-18-9(2)21-23(14)16-19-20-17(22(16)15(13)27-10)26-7-11(24)25-3/h8-9,14,18,21H,4-7H2,1-3H3/t8-,9?,14?/m0/s1. The van der Waals surface area contributed by atoms with Gasteiger partial charge >= 0.3 is 5.97 Å². The minimum absolute atomic E-state index is 0.0608. The van der Waals surface area contributed by atoms with Crippen LogP contribution in [0.25, 0.3) is 5.00 Å². The molecule has 1 saturated heterocycles. The average Bonchev–Trinajstić information content (AvgIpc) is 3.33. The first-order chi connectivity index (χ1) is 13.1. The van der Waals surface area contributed by atoms with E-state index in [2.05, 4.69) is 44.4 Å². The number of aromatic nitrogens is 3. The van der Waals surface area contributed by atoms with Gasteiger partial charge in [-0.1, -0.05) is 18.7 Å². The molecule has 144 valence electrons. The molecule has 0 spiro atoms. The van der Waals surface area contributed by atoms with E-state index in [-0.39, 0.29) is 24.1 Å². The number of esters is 1. The van der Waals surface area contributed by atoms with Gasteiger partial charge in [-0.2, -0.15) is 0 Å². The molecule has 2 unspecified atom stereocenters. The Balaban J connectivity index is 1.65. The molecule has 0 aromatic carbocycles. The van der Waals surface area contributed by atoms with Crippen molar-refractivity contribution >= 4 is 35.0 Å². The van der Waals surface area contributed by atoms with Gasteiger partial charge in [0.1, 0.15) is 11.2 Å². The number of nitrogens with zero attached hydrogens (tertiary/aromatic N) is 4. The maximum atomic E-state index is 11.6. The molecule has 2 aromatic heterocycles. The number of fused-ring (bicyclic) bond motifs is 8. The highest BCUT2D eigenvalue weighted by Gasteiger charge is 2.44. The predicted octanol–water partition coefficient (Wildman–Crippen LogP) is 2.31. The Morgan fingerprint density at radius 3 is 3.04 bits per heavy atom. The number of hydrazine groups is 1. The number of anilines is 1. The molecule has 10 heteroatoms. The summed E-state index contributed by atoms with van der Waals surface area (Å²) in [6.45, 7) is 4.43. The smallest absolute Gasteiger partial charge is 0.316 e. The minimum Gasteiger partial charge on any atom is -0.468 e. The number of carbonyl (C=O) groups excluding carboxylic acids is 1. The van der Waals surface area contributed by atoms with Crippen LogP contribution in [0.5, 0.6) is 0 Å². The Kier molecular flexibility index (Phi) is 4.19. The molecule has 2 aromatic rings. The summed E-state index contributed by atoms with van der Waals surface area (Å²) in [6, 6.07) is 0. The molecule has 0 amide bonds. The fraction of sp³-hybridized carbons (Fsp3) is 0.588. The van der Waals surface area contributed by atoms with Crippen LogP contribution in [0.3, 0.4) is 0 Å². The zero-order chi connectivity index (χ0) is 18.7. The normalized spacial score (nSPS) is 25.6. The maximum absolute atomic E-state index is 11.6. The highest BCUT2D eigenvalue weighted by Crippen LogP contribution is 2.50. The van der Waals surface area contributed by atoms with Crippen molar-refractivity contribution in [2.24, 2.45) is 0 Å². The third-order valence-corrected chi connectivity index (χ3v) is 7.60. The summed E-state index contributed by atoms with van der Waals surface area (Å²) in [5.74, 6) is 1.28. The molecular weight excluding hydrogens is 384 g/mol. The van der Waals surface area contributed by atoms with E-state index in [0.717, 1.165) is 17.5 Å². The SMILES string of the molecule is COC(=O)CSc1nnc2n1-c1sc3c(c1C1NC(C)NN21)[C@@H](C)CCC3. The molecule has 4 heterocycles. The van der Waals surface area contributed by atoms with Gasteiger partial charge in [-0.05, 0) is 37.7 Å². The van der Waals surface area contributed by atoms with Crippen LogP contribution in [0.2, 0.25) is 0 Å². The van der Waals surface area contributed by atoms with Crippen LogP contribution >= 0.6 is 23.1 Å². The lowest BCUT2D eigenvalue weighted by atomic mass is 9.85. The van der Waals surface area contributed by atoms with E-state index in [9.17, 15) is 4.79 Å². The second-order valence-corrected chi connectivity index (χ2v) is 9.25. The molecule has 1 fully saturated rings. The molecule has 5 rings (SSSR count). The maximum Gasteiger partial charge on any atom is 0.316 e. The van der Waals surface area contributed by atoms with E-state index < -0.39 is 0 Å². The molecule has 0 radical (unpaired) electrons. The topological polar surface area (TPSA) is 84.3 Å². The summed E-state index contributed by atoms with van der Waals surface area (Å²) in [6.07, 6.45) is 3.81. The van der Waals surface area contributed by atoms with Crippen LogP contribution in [0, 0.1) is 0 Å². The van der Waals surface area contributed by atoms with E-state index in [1.807, 2.05) is 11.3 Å². The number of rotatable bonds is 3. The van der Waals surface area contributed by atoms with Crippen LogP contribution in [0.15, 0.2) is 5.16 Å². The number of methoxy groups -OCH3 is 1. The van der Waals surface area contributed by atoms with Crippen molar-refractivity contribution in [2.75, 3.05) is 17.9 Å². The summed E-state index contributed by atoms with van der Waals surface area (Å²) in [4.78, 5) is 13.1. The first-order valence-electron chi connectivity index (χ1n) is 9.20. The Morgan fingerprint density at radius 2 is 2.22 bits per heavy atom. The monoisotopic (exact) mass is 406 g/mol. The van der Waals surface area contributed by atoms with E-state index in [4.69, 9.17) is 4.74 Å². The highest BCUT2D eigenvalue weighted by atomic mass is 32.2. The van der Waals surface area contributed by atoms with Crippen molar-refractivity contribution in [3.05, 3.63) is 16.0 Å². The second-order valence-electron chi connectivity index (χ2n) is 7.22.